The van der Waals surface area contributed by atoms with Crippen molar-refractivity contribution in [3.8, 4) is 0 Å². The fraction of sp³-hybridized carbons (Fsp3) is 0.583. The summed E-state index contributed by atoms with van der Waals surface area (Å²) in [5.41, 5.74) is 1.87. The van der Waals surface area contributed by atoms with Crippen LogP contribution in [0.3, 0.4) is 0 Å². The van der Waals surface area contributed by atoms with Crippen LogP contribution in [-0.2, 0) is 6.54 Å². The first kappa shape index (κ1) is 14.6. The first-order valence-electron chi connectivity index (χ1n) is 6.15. The van der Waals surface area contributed by atoms with Gasteiger partial charge in [-0.05, 0) is 32.3 Å². The van der Waals surface area contributed by atoms with E-state index in [1.54, 1.807) is 23.5 Å². The molecule has 2 rings (SSSR count). The number of hydrogen-bond acceptors (Lipinski definition) is 6. The van der Waals surface area contributed by atoms with E-state index in [-0.39, 0.29) is 6.61 Å². The van der Waals surface area contributed by atoms with Gasteiger partial charge in [-0.15, -0.1) is 11.8 Å². The summed E-state index contributed by atoms with van der Waals surface area (Å²) in [6.07, 6.45) is 5.69. The van der Waals surface area contributed by atoms with Crippen LogP contribution in [0.5, 0.6) is 0 Å². The topological polar surface area (TPSA) is 63.8 Å². The smallest absolute Gasteiger partial charge is 0.190 e. The molecule has 0 bridgehead atoms. The van der Waals surface area contributed by atoms with Gasteiger partial charge in [-0.1, -0.05) is 11.8 Å². The number of fused-ring (bicyclic) bond motifs is 1. The SMILES string of the molecule is CSc1nc(SC)c2c(C)nn(CCCCO)c2n1. The minimum absolute atomic E-state index is 0.222. The Kier molecular flexibility index (Phi) is 5.06. The molecular weight excluding hydrogens is 280 g/mol. The molecule has 0 unspecified atom stereocenters. The summed E-state index contributed by atoms with van der Waals surface area (Å²) in [7, 11) is 0. The summed E-state index contributed by atoms with van der Waals surface area (Å²) in [5, 5.41) is 16.2. The highest BCUT2D eigenvalue weighted by Crippen LogP contribution is 2.28. The number of aryl methyl sites for hydroxylation is 2. The number of aliphatic hydroxyl groups is 1. The summed E-state index contributed by atoms with van der Waals surface area (Å²) in [5.74, 6) is 0. The van der Waals surface area contributed by atoms with Crippen molar-refractivity contribution in [2.75, 3.05) is 19.1 Å². The second kappa shape index (κ2) is 6.58. The summed E-state index contributed by atoms with van der Waals surface area (Å²) < 4.78 is 1.93. The zero-order valence-electron chi connectivity index (χ0n) is 11.4. The maximum Gasteiger partial charge on any atom is 0.190 e. The predicted octanol–water partition coefficient (Wildman–Crippen LogP) is 2.35. The average Bonchev–Trinajstić information content (AvgIpc) is 2.75. The lowest BCUT2D eigenvalue weighted by Crippen LogP contribution is -2.03. The van der Waals surface area contributed by atoms with E-state index in [1.165, 1.54) is 0 Å². The van der Waals surface area contributed by atoms with Gasteiger partial charge in [0.25, 0.3) is 0 Å². The van der Waals surface area contributed by atoms with Crippen molar-refractivity contribution in [2.45, 2.75) is 36.5 Å². The molecule has 104 valence electrons. The Bertz CT molecular complexity index is 570. The van der Waals surface area contributed by atoms with Gasteiger partial charge in [-0.25, -0.2) is 14.6 Å². The van der Waals surface area contributed by atoms with E-state index in [9.17, 15) is 0 Å². The van der Waals surface area contributed by atoms with Gasteiger partial charge in [0, 0.05) is 13.2 Å². The van der Waals surface area contributed by atoms with Gasteiger partial charge in [0.15, 0.2) is 10.8 Å². The molecule has 0 aliphatic carbocycles. The Labute approximate surface area is 121 Å². The Hall–Kier alpha value is -0.790. The van der Waals surface area contributed by atoms with Gasteiger partial charge in [-0.3, -0.25) is 0 Å². The molecule has 19 heavy (non-hydrogen) atoms. The van der Waals surface area contributed by atoms with Crippen molar-refractivity contribution < 1.29 is 5.11 Å². The Morgan fingerprint density at radius 3 is 2.58 bits per heavy atom. The summed E-state index contributed by atoms with van der Waals surface area (Å²) in [4.78, 5) is 9.11. The molecular formula is C12H18N4OS2. The van der Waals surface area contributed by atoms with Gasteiger partial charge in [0.1, 0.15) is 5.03 Å². The van der Waals surface area contributed by atoms with Gasteiger partial charge >= 0.3 is 0 Å². The normalized spacial score (nSPS) is 11.4. The number of aromatic nitrogens is 4. The maximum absolute atomic E-state index is 8.87. The Morgan fingerprint density at radius 1 is 1.16 bits per heavy atom. The van der Waals surface area contributed by atoms with Crippen LogP contribution in [0, 0.1) is 6.92 Å². The molecule has 0 fully saturated rings. The molecule has 0 atom stereocenters. The third-order valence-electron chi connectivity index (χ3n) is 2.87. The highest BCUT2D eigenvalue weighted by Gasteiger charge is 2.15. The zero-order valence-corrected chi connectivity index (χ0v) is 13.0. The minimum Gasteiger partial charge on any atom is -0.396 e. The average molecular weight is 298 g/mol. The van der Waals surface area contributed by atoms with Crippen molar-refractivity contribution in [1.29, 1.82) is 0 Å². The molecule has 5 nitrogen and oxygen atoms in total. The summed E-state index contributed by atoms with van der Waals surface area (Å²) >= 11 is 3.17. The zero-order chi connectivity index (χ0) is 13.8. The molecule has 0 amide bonds. The van der Waals surface area contributed by atoms with Crippen molar-refractivity contribution in [3.63, 3.8) is 0 Å². The molecule has 0 spiro atoms. The molecule has 0 radical (unpaired) electrons. The summed E-state index contributed by atoms with van der Waals surface area (Å²) in [6, 6.07) is 0. The number of hydrogen-bond donors (Lipinski definition) is 1. The number of nitrogens with zero attached hydrogens (tertiary/aromatic N) is 4. The van der Waals surface area contributed by atoms with E-state index in [2.05, 4.69) is 15.1 Å². The van der Waals surface area contributed by atoms with Crippen molar-refractivity contribution in [3.05, 3.63) is 5.69 Å². The van der Waals surface area contributed by atoms with Crippen LogP contribution in [0.25, 0.3) is 11.0 Å². The molecule has 0 aliphatic rings. The van der Waals surface area contributed by atoms with E-state index in [0.29, 0.717) is 0 Å². The van der Waals surface area contributed by atoms with Crippen LogP contribution in [0.2, 0.25) is 0 Å². The highest BCUT2D eigenvalue weighted by atomic mass is 32.2. The Balaban J connectivity index is 2.47. The molecule has 0 saturated heterocycles. The molecule has 2 aromatic rings. The van der Waals surface area contributed by atoms with E-state index >= 15 is 0 Å². The van der Waals surface area contributed by atoms with Crippen LogP contribution >= 0.6 is 23.5 Å². The van der Waals surface area contributed by atoms with E-state index in [4.69, 9.17) is 5.11 Å². The van der Waals surface area contributed by atoms with Crippen LogP contribution in [0.4, 0.5) is 0 Å². The van der Waals surface area contributed by atoms with Crippen molar-refractivity contribution in [2.24, 2.45) is 0 Å². The highest BCUT2D eigenvalue weighted by molar-refractivity contribution is 7.99. The maximum atomic E-state index is 8.87. The molecule has 0 aliphatic heterocycles. The molecule has 0 aromatic carbocycles. The lowest BCUT2D eigenvalue weighted by atomic mass is 10.3. The fourth-order valence-corrected chi connectivity index (χ4v) is 3.00. The first-order chi connectivity index (χ1) is 9.21. The minimum atomic E-state index is 0.222. The molecule has 2 heterocycles. The second-order valence-electron chi connectivity index (χ2n) is 4.16. The monoisotopic (exact) mass is 298 g/mol. The van der Waals surface area contributed by atoms with Gasteiger partial charge < -0.3 is 5.11 Å². The molecule has 2 aromatic heterocycles. The van der Waals surface area contributed by atoms with E-state index in [0.717, 1.165) is 46.3 Å². The predicted molar refractivity (Wildman–Crippen MR) is 79.9 cm³/mol. The lowest BCUT2D eigenvalue weighted by molar-refractivity contribution is 0.280. The third-order valence-corrected chi connectivity index (χ3v) is 4.10. The number of aliphatic hydroxyl groups excluding tert-OH is 1. The first-order valence-corrected chi connectivity index (χ1v) is 8.60. The van der Waals surface area contributed by atoms with Crippen molar-refractivity contribution >= 4 is 34.6 Å². The number of unbranched alkanes of at least 4 members (excludes halogenated alkanes) is 1. The molecule has 7 heteroatoms. The van der Waals surface area contributed by atoms with Crippen LogP contribution in [0.1, 0.15) is 18.5 Å². The second-order valence-corrected chi connectivity index (χ2v) is 5.73. The van der Waals surface area contributed by atoms with E-state index in [1.807, 2.05) is 24.1 Å². The molecule has 0 saturated carbocycles. The Morgan fingerprint density at radius 2 is 1.95 bits per heavy atom. The standard InChI is InChI=1S/C12H18N4OS2/c1-8-9-10(16(15-8)6-4-5-7-17)13-12(19-3)14-11(9)18-2/h17H,4-7H2,1-3H3. The number of rotatable bonds is 6. The van der Waals surface area contributed by atoms with Gasteiger partial charge in [0.05, 0.1) is 11.1 Å². The largest absolute Gasteiger partial charge is 0.396 e. The van der Waals surface area contributed by atoms with E-state index < -0.39 is 0 Å². The lowest BCUT2D eigenvalue weighted by Gasteiger charge is -2.04. The fourth-order valence-electron chi connectivity index (χ4n) is 1.96. The molecule has 1 N–H and O–H groups in total. The van der Waals surface area contributed by atoms with Crippen LogP contribution < -0.4 is 0 Å². The van der Waals surface area contributed by atoms with Gasteiger partial charge in [0.2, 0.25) is 0 Å². The summed E-state index contributed by atoms with van der Waals surface area (Å²) in [6.45, 7) is 3.00. The van der Waals surface area contributed by atoms with Crippen LogP contribution in [0.15, 0.2) is 10.2 Å². The number of thioether (sulfide) groups is 2. The third kappa shape index (κ3) is 3.04. The van der Waals surface area contributed by atoms with Crippen molar-refractivity contribution in [1.82, 2.24) is 19.7 Å². The van der Waals surface area contributed by atoms with Gasteiger partial charge in [-0.2, -0.15) is 5.10 Å². The quantitative estimate of drug-likeness (QED) is 0.382. The van der Waals surface area contributed by atoms with Crippen LogP contribution in [-0.4, -0.2) is 44.0 Å².